The van der Waals surface area contributed by atoms with Crippen molar-refractivity contribution >= 4 is 44.4 Å². The maximum Gasteiger partial charge on any atom is 0.408 e. The second kappa shape index (κ2) is 15.8. The Morgan fingerprint density at radius 2 is 1.66 bits per heavy atom. The van der Waals surface area contributed by atoms with E-state index in [-0.39, 0.29) is 31.2 Å². The molecule has 4 rings (SSSR count). The van der Waals surface area contributed by atoms with Gasteiger partial charge in [-0.1, -0.05) is 73.3 Å². The zero-order chi connectivity index (χ0) is 36.9. The van der Waals surface area contributed by atoms with Crippen LogP contribution < -0.4 is 10.6 Å². The molecule has 0 bridgehead atoms. The van der Waals surface area contributed by atoms with Crippen molar-refractivity contribution in [3.05, 3.63) is 76.3 Å². The number of amides is 3. The van der Waals surface area contributed by atoms with Crippen molar-refractivity contribution in [2.75, 3.05) is 26.7 Å². The Morgan fingerprint density at radius 1 is 1.00 bits per heavy atom. The average Bonchev–Trinajstić information content (AvgIpc) is 3.19. The summed E-state index contributed by atoms with van der Waals surface area (Å²) in [5.74, 6) is -1.07. The average molecular weight is 731 g/mol. The topological polar surface area (TPSA) is 134 Å². The molecule has 11 nitrogen and oxygen atoms in total. The van der Waals surface area contributed by atoms with Crippen molar-refractivity contribution in [3.63, 3.8) is 0 Å². The smallest absolute Gasteiger partial charge is 0.408 e. The highest BCUT2D eigenvalue weighted by Gasteiger charge is 2.54. The molecule has 1 aliphatic carbocycles. The minimum Gasteiger partial charge on any atom is -0.444 e. The van der Waals surface area contributed by atoms with Crippen molar-refractivity contribution in [3.8, 4) is 0 Å². The third-order valence-corrected chi connectivity index (χ3v) is 11.6. The summed E-state index contributed by atoms with van der Waals surface area (Å²) in [5.41, 5.74) is -1.04. The van der Waals surface area contributed by atoms with E-state index in [0.29, 0.717) is 29.0 Å². The molecule has 0 saturated heterocycles. The van der Waals surface area contributed by atoms with Gasteiger partial charge in [0.25, 0.3) is 0 Å². The number of hydrogen-bond acceptors (Lipinski definition) is 7. The first kappa shape index (κ1) is 39.3. The lowest BCUT2D eigenvalue weighted by molar-refractivity contribution is -0.139. The summed E-state index contributed by atoms with van der Waals surface area (Å²) in [6, 6.07) is 15.1. The van der Waals surface area contributed by atoms with Crippen molar-refractivity contribution < 1.29 is 32.3 Å². The molecule has 0 radical (unpaired) electrons. The summed E-state index contributed by atoms with van der Waals surface area (Å²) in [4.78, 5) is 42.5. The minimum atomic E-state index is -3.93. The lowest BCUT2D eigenvalue weighted by atomic mass is 9.75. The second-order valence-corrected chi connectivity index (χ2v) is 16.9. The number of alkyl carbamates (subject to hydrolysis) is 1. The summed E-state index contributed by atoms with van der Waals surface area (Å²) < 4.78 is 41.2. The van der Waals surface area contributed by atoms with Crippen LogP contribution in [0.5, 0.6) is 0 Å². The Bertz CT molecular complexity index is 1680. The number of benzene rings is 2. The van der Waals surface area contributed by atoms with E-state index in [1.807, 2.05) is 37.3 Å². The zero-order valence-electron chi connectivity index (χ0n) is 30.2. The van der Waals surface area contributed by atoms with Crippen LogP contribution in [0.25, 0.3) is 4.91 Å². The van der Waals surface area contributed by atoms with Gasteiger partial charge in [0.05, 0.1) is 23.7 Å². The maximum absolute atomic E-state index is 14.5. The standard InChI is InChI=1S/C37H51ClN4O7S/c1-8-42(23-29-31(27-18-15-19-28(38)22-27)50(46,47)41(7)37(29)20-13-10-14-21-37)32(43)30(25-48-24-26-16-11-9-12-17-26)39-33(44)36(5,6)40-34(45)49-35(2,3)4/h9,11-12,15-19,22,30H,8,10,13-14,20-21,23-25H2,1-7H3,(H,39,44)(H,40,45)/t30-/m1/s1. The Labute approximate surface area is 301 Å². The molecule has 3 amide bonds. The van der Waals surface area contributed by atoms with Crippen LogP contribution in [0, 0.1) is 0 Å². The van der Waals surface area contributed by atoms with Gasteiger partial charge in [-0.3, -0.25) is 9.59 Å². The van der Waals surface area contributed by atoms with Crippen LogP contribution in [0.3, 0.4) is 0 Å². The van der Waals surface area contributed by atoms with Crippen LogP contribution in [-0.2, 0) is 35.7 Å². The highest BCUT2D eigenvalue weighted by atomic mass is 35.5. The van der Waals surface area contributed by atoms with Gasteiger partial charge in [0, 0.05) is 25.2 Å². The van der Waals surface area contributed by atoms with Gasteiger partial charge in [-0.05, 0) is 83.2 Å². The number of hydrogen-bond donors (Lipinski definition) is 2. The van der Waals surface area contributed by atoms with Crippen LogP contribution in [0.2, 0.25) is 5.02 Å². The van der Waals surface area contributed by atoms with Gasteiger partial charge in [-0.15, -0.1) is 0 Å². The predicted molar refractivity (Wildman–Crippen MR) is 195 cm³/mol. The molecule has 0 unspecified atom stereocenters. The molecule has 2 aromatic carbocycles. The monoisotopic (exact) mass is 730 g/mol. The molecular formula is C37H51ClN4O7S. The largest absolute Gasteiger partial charge is 0.444 e. The van der Waals surface area contributed by atoms with Crippen molar-refractivity contribution in [1.82, 2.24) is 19.8 Å². The van der Waals surface area contributed by atoms with Crippen LogP contribution in [0.15, 0.2) is 60.2 Å². The molecule has 2 aliphatic rings. The van der Waals surface area contributed by atoms with Gasteiger partial charge < -0.3 is 25.0 Å². The SMILES string of the molecule is CCN(CC1=C(c2cccc(Cl)c2)S(=O)(=O)N(C)C12CCCCC2)C(=O)[C@@H](COCc1ccccc1)NC(=O)C(C)(C)NC(=O)OC(C)(C)C. The van der Waals surface area contributed by atoms with E-state index in [1.54, 1.807) is 57.0 Å². The Hall–Kier alpha value is -3.45. The lowest BCUT2D eigenvalue weighted by Crippen LogP contribution is -2.61. The molecular weight excluding hydrogens is 680 g/mol. The fraction of sp³-hybridized carbons (Fsp3) is 0.541. The molecule has 274 valence electrons. The maximum atomic E-state index is 14.5. The van der Waals surface area contributed by atoms with Crippen LogP contribution in [-0.4, -0.2) is 85.0 Å². The van der Waals surface area contributed by atoms with Crippen molar-refractivity contribution in [2.24, 2.45) is 0 Å². The highest BCUT2D eigenvalue weighted by Crippen LogP contribution is 2.51. The van der Waals surface area contributed by atoms with E-state index in [1.165, 1.54) is 18.2 Å². The van der Waals surface area contributed by atoms with E-state index in [9.17, 15) is 22.8 Å². The quantitative estimate of drug-likeness (QED) is 0.279. The molecule has 1 fully saturated rings. The minimum absolute atomic E-state index is 0.0192. The first-order valence-corrected chi connectivity index (χ1v) is 18.9. The Morgan fingerprint density at radius 3 is 2.26 bits per heavy atom. The summed E-state index contributed by atoms with van der Waals surface area (Å²) in [5, 5.41) is 5.81. The normalized spacial score (nSPS) is 18.1. The zero-order valence-corrected chi connectivity index (χ0v) is 31.7. The van der Waals surface area contributed by atoms with Gasteiger partial charge in [0.1, 0.15) is 17.2 Å². The fourth-order valence-corrected chi connectivity index (χ4v) is 8.81. The molecule has 1 spiro atoms. The number of ether oxygens (including phenoxy) is 2. The molecule has 0 aromatic heterocycles. The van der Waals surface area contributed by atoms with Gasteiger partial charge in [0.2, 0.25) is 21.8 Å². The van der Waals surface area contributed by atoms with E-state index in [4.69, 9.17) is 21.1 Å². The highest BCUT2D eigenvalue weighted by molar-refractivity contribution is 7.98. The molecule has 1 saturated carbocycles. The molecule has 13 heteroatoms. The third kappa shape index (κ3) is 9.06. The number of likely N-dealkylation sites (N-methyl/N-ethyl adjacent to an activating group) is 2. The van der Waals surface area contributed by atoms with Gasteiger partial charge >= 0.3 is 6.09 Å². The lowest BCUT2D eigenvalue weighted by Gasteiger charge is -2.42. The molecule has 2 aromatic rings. The first-order chi connectivity index (χ1) is 23.4. The van der Waals surface area contributed by atoms with E-state index in [2.05, 4.69) is 10.6 Å². The molecule has 2 N–H and O–H groups in total. The van der Waals surface area contributed by atoms with Crippen molar-refractivity contribution in [2.45, 2.75) is 103 Å². The van der Waals surface area contributed by atoms with Crippen LogP contribution >= 0.6 is 11.6 Å². The molecule has 1 atom stereocenters. The molecule has 1 aliphatic heterocycles. The number of rotatable bonds is 12. The van der Waals surface area contributed by atoms with Crippen LogP contribution in [0.1, 0.15) is 84.8 Å². The Kier molecular flexibility index (Phi) is 12.5. The molecule has 1 heterocycles. The number of carbonyl (C=O) groups excluding carboxylic acids is 3. The van der Waals surface area contributed by atoms with Gasteiger partial charge in [-0.25, -0.2) is 13.2 Å². The van der Waals surface area contributed by atoms with E-state index < -0.39 is 50.7 Å². The molecule has 50 heavy (non-hydrogen) atoms. The van der Waals surface area contributed by atoms with E-state index >= 15 is 0 Å². The third-order valence-electron chi connectivity index (χ3n) is 9.25. The van der Waals surface area contributed by atoms with Crippen molar-refractivity contribution in [1.29, 1.82) is 0 Å². The number of nitrogens with one attached hydrogen (secondary N) is 2. The van der Waals surface area contributed by atoms with E-state index in [0.717, 1.165) is 24.8 Å². The summed E-state index contributed by atoms with van der Waals surface area (Å²) in [6.07, 6.45) is 3.15. The first-order valence-electron chi connectivity index (χ1n) is 17.1. The number of nitrogens with zero attached hydrogens (tertiary/aromatic N) is 2. The predicted octanol–water partition coefficient (Wildman–Crippen LogP) is 5.88. The summed E-state index contributed by atoms with van der Waals surface area (Å²) in [6.45, 7) is 10.3. The summed E-state index contributed by atoms with van der Waals surface area (Å²) >= 11 is 6.36. The Balaban J connectivity index is 1.69. The number of sulfonamides is 1. The van der Waals surface area contributed by atoms with Crippen LogP contribution in [0.4, 0.5) is 4.79 Å². The fourth-order valence-electron chi connectivity index (χ4n) is 6.60. The second-order valence-electron chi connectivity index (χ2n) is 14.5. The number of carbonyl (C=O) groups is 3. The van der Waals surface area contributed by atoms with Gasteiger partial charge in [0.15, 0.2) is 0 Å². The summed E-state index contributed by atoms with van der Waals surface area (Å²) in [7, 11) is -2.31. The number of halogens is 1. The van der Waals surface area contributed by atoms with Gasteiger partial charge in [-0.2, -0.15) is 4.31 Å².